The molecular formula is C62H80F2N2S4. The Labute approximate surface area is 435 Å². The van der Waals surface area contributed by atoms with Crippen molar-refractivity contribution in [3.05, 3.63) is 94.2 Å². The van der Waals surface area contributed by atoms with E-state index in [2.05, 4.69) is 124 Å². The molecule has 0 saturated carbocycles. The van der Waals surface area contributed by atoms with E-state index in [-0.39, 0.29) is 11.6 Å². The second-order valence-corrected chi connectivity index (χ2v) is 24.6. The highest BCUT2D eigenvalue weighted by molar-refractivity contribution is 7.24. The van der Waals surface area contributed by atoms with Gasteiger partial charge in [-0.2, -0.15) is 0 Å². The number of benzene rings is 2. The van der Waals surface area contributed by atoms with Crippen LogP contribution in [0.3, 0.4) is 0 Å². The monoisotopic (exact) mass is 1020 g/mol. The molecule has 0 radical (unpaired) electrons. The van der Waals surface area contributed by atoms with E-state index in [1.54, 1.807) is 45.3 Å². The molecule has 70 heavy (non-hydrogen) atoms. The molecule has 0 N–H and O–H groups in total. The normalized spacial score (nSPS) is 13.9. The Hall–Kier alpha value is -3.56. The molecule has 8 aromatic rings. The number of aromatic nitrogens is 2. The van der Waals surface area contributed by atoms with Crippen molar-refractivity contribution >= 4 is 78.2 Å². The molecule has 2 aromatic carbocycles. The van der Waals surface area contributed by atoms with Gasteiger partial charge in [-0.3, -0.25) is 0 Å². The van der Waals surface area contributed by atoms with Crippen molar-refractivity contribution < 1.29 is 8.78 Å². The molecular weight excluding hydrogens is 939 g/mol. The van der Waals surface area contributed by atoms with Gasteiger partial charge in [-0.1, -0.05) is 157 Å². The lowest BCUT2D eigenvalue weighted by Gasteiger charge is -2.19. The Balaban J connectivity index is 1.39. The molecule has 4 unspecified atom stereocenters. The molecule has 8 heteroatoms. The maximum atomic E-state index is 17.7. The number of halogens is 2. The zero-order chi connectivity index (χ0) is 49.3. The van der Waals surface area contributed by atoms with Gasteiger partial charge in [-0.25, -0.2) is 8.78 Å². The largest absolute Gasteiger partial charge is 0.338 e. The first-order valence-electron chi connectivity index (χ1n) is 27.5. The summed E-state index contributed by atoms with van der Waals surface area (Å²) < 4.78 is 40.5. The van der Waals surface area contributed by atoms with Crippen LogP contribution in [0.4, 0.5) is 8.78 Å². The lowest BCUT2D eigenvalue weighted by molar-refractivity contribution is 0.399. The van der Waals surface area contributed by atoms with Crippen LogP contribution in [0.1, 0.15) is 169 Å². The smallest absolute Gasteiger partial charge is 0.132 e. The summed E-state index contributed by atoms with van der Waals surface area (Å²) in [6.45, 7) is 20.0. The molecule has 0 bridgehead atoms. The van der Waals surface area contributed by atoms with Crippen molar-refractivity contribution in [1.82, 2.24) is 9.13 Å². The third kappa shape index (κ3) is 11.5. The Bertz CT molecular complexity index is 2690. The molecule has 0 aliphatic rings. The summed E-state index contributed by atoms with van der Waals surface area (Å²) in [6, 6.07) is 21.6. The first-order chi connectivity index (χ1) is 34.2. The van der Waals surface area contributed by atoms with Crippen LogP contribution in [0.25, 0.3) is 73.2 Å². The number of fused-ring (bicyclic) bond motifs is 5. The van der Waals surface area contributed by atoms with E-state index in [0.29, 0.717) is 34.8 Å². The quantitative estimate of drug-likeness (QED) is 0.0463. The highest BCUT2D eigenvalue weighted by Gasteiger charge is 2.29. The molecule has 0 aliphatic carbocycles. The van der Waals surface area contributed by atoms with Gasteiger partial charge in [0.2, 0.25) is 0 Å². The molecule has 6 heterocycles. The summed E-state index contributed by atoms with van der Waals surface area (Å²) in [6.07, 6.45) is 20.3. The van der Waals surface area contributed by atoms with Crippen LogP contribution in [-0.4, -0.2) is 9.13 Å². The van der Waals surface area contributed by atoms with Crippen LogP contribution >= 0.6 is 45.3 Å². The predicted molar refractivity (Wildman–Crippen MR) is 309 cm³/mol. The Morgan fingerprint density at radius 3 is 1.16 bits per heavy atom. The first kappa shape index (κ1) is 52.8. The molecule has 0 aliphatic heterocycles. The van der Waals surface area contributed by atoms with Gasteiger partial charge in [0.1, 0.15) is 11.6 Å². The van der Waals surface area contributed by atoms with E-state index in [9.17, 15) is 0 Å². The summed E-state index contributed by atoms with van der Waals surface area (Å²) in [5.74, 6) is 1.67. The summed E-state index contributed by atoms with van der Waals surface area (Å²) in [5.41, 5.74) is 8.24. The molecule has 0 saturated heterocycles. The van der Waals surface area contributed by atoms with E-state index in [1.165, 1.54) is 82.0 Å². The topological polar surface area (TPSA) is 9.86 Å². The van der Waals surface area contributed by atoms with Gasteiger partial charge in [0.05, 0.1) is 22.1 Å². The van der Waals surface area contributed by atoms with E-state index in [0.717, 1.165) is 120 Å². The molecule has 0 spiro atoms. The fourth-order valence-corrected chi connectivity index (χ4v) is 15.3. The lowest BCUT2D eigenvalue weighted by atomic mass is 9.91. The van der Waals surface area contributed by atoms with Crippen molar-refractivity contribution in [3.63, 3.8) is 0 Å². The van der Waals surface area contributed by atoms with Crippen LogP contribution in [-0.2, 0) is 25.9 Å². The average Bonchev–Trinajstić information content (AvgIpc) is 4.25. The summed E-state index contributed by atoms with van der Waals surface area (Å²) >= 11 is 7.04. The maximum Gasteiger partial charge on any atom is 0.132 e. The van der Waals surface area contributed by atoms with E-state index in [4.69, 9.17) is 0 Å². The van der Waals surface area contributed by atoms with Crippen molar-refractivity contribution in [2.75, 3.05) is 0 Å². The third-order valence-electron chi connectivity index (χ3n) is 15.7. The number of hydrogen-bond donors (Lipinski definition) is 0. The number of rotatable bonds is 28. The first-order valence-corrected chi connectivity index (χ1v) is 30.9. The Kier molecular flexibility index (Phi) is 18.8. The van der Waals surface area contributed by atoms with Gasteiger partial charge in [0.25, 0.3) is 0 Å². The minimum absolute atomic E-state index is 0.161. The summed E-state index contributed by atoms with van der Waals surface area (Å²) in [5, 5.41) is 6.20. The second-order valence-electron chi connectivity index (χ2n) is 20.6. The minimum atomic E-state index is -0.161. The van der Waals surface area contributed by atoms with Gasteiger partial charge in [0.15, 0.2) is 0 Å². The van der Waals surface area contributed by atoms with Crippen LogP contribution in [0.5, 0.6) is 0 Å². The van der Waals surface area contributed by atoms with Gasteiger partial charge in [-0.05, 0) is 120 Å². The highest BCUT2D eigenvalue weighted by atomic mass is 32.1. The summed E-state index contributed by atoms with van der Waals surface area (Å²) in [7, 11) is 0. The van der Waals surface area contributed by atoms with Gasteiger partial charge >= 0.3 is 0 Å². The fraction of sp³-hybridized carbons (Fsp3) is 0.516. The molecule has 0 fully saturated rings. The molecule has 0 amide bonds. The number of thiophene rings is 4. The van der Waals surface area contributed by atoms with Gasteiger partial charge in [0, 0.05) is 64.3 Å². The molecule has 6 aromatic heterocycles. The predicted octanol–water partition coefficient (Wildman–Crippen LogP) is 21.9. The Morgan fingerprint density at radius 2 is 0.829 bits per heavy atom. The number of hydrogen-bond acceptors (Lipinski definition) is 4. The summed E-state index contributed by atoms with van der Waals surface area (Å²) in [4.78, 5) is 7.06. The molecule has 2 nitrogen and oxygen atoms in total. The average molecular weight is 1020 g/mol. The zero-order valence-corrected chi connectivity index (χ0v) is 46.9. The van der Waals surface area contributed by atoms with Crippen molar-refractivity contribution in [2.45, 2.75) is 184 Å². The molecule has 376 valence electrons. The van der Waals surface area contributed by atoms with Gasteiger partial charge < -0.3 is 9.13 Å². The lowest BCUT2D eigenvalue weighted by Crippen LogP contribution is -2.10. The Morgan fingerprint density at radius 1 is 0.457 bits per heavy atom. The molecule has 4 atom stereocenters. The van der Waals surface area contributed by atoms with E-state index < -0.39 is 0 Å². The van der Waals surface area contributed by atoms with Crippen LogP contribution < -0.4 is 0 Å². The van der Waals surface area contributed by atoms with Crippen molar-refractivity contribution in [1.29, 1.82) is 0 Å². The fourth-order valence-electron chi connectivity index (χ4n) is 11.3. The van der Waals surface area contributed by atoms with Crippen molar-refractivity contribution in [2.24, 2.45) is 23.7 Å². The SMILES string of the molecule is CCCCC(CC)Cc1cc(-c2cccs2)sc1-c1cc2c(cc1F)c1c(c3cc(F)c(-c4sc(-c5cccs5)cc4CC(CC)CCCC)cc3n1CC(CC)CCCC)n2CC(CC)CCCC. The standard InChI is InChI=1S/C62H80F2N2S4/c1-9-17-23-41(13-5)31-45-33-57(55-27-21-29-67-55)69-61(45)47-37-53-49(35-51(47)63)59-60(65(53)39-43(15-7)25-19-11-3)50-36-52(64)48(38-54(50)66(59)40-44(16-8)26-20-12-4)62-46(32-42(14-6)24-18-10-2)34-58(70-62)56-28-22-30-68-56/h21-22,27-30,33-38,41-44H,9-20,23-26,31-32,39-40H2,1-8H3. The van der Waals surface area contributed by atoms with Crippen LogP contribution in [0, 0.1) is 35.3 Å². The third-order valence-corrected chi connectivity index (χ3v) is 20.3. The molecule has 8 rings (SSSR count). The van der Waals surface area contributed by atoms with Crippen LogP contribution in [0.2, 0.25) is 0 Å². The minimum Gasteiger partial charge on any atom is -0.338 e. The van der Waals surface area contributed by atoms with Gasteiger partial charge in [-0.15, -0.1) is 45.3 Å². The number of nitrogens with zero attached hydrogens (tertiary/aromatic N) is 2. The number of unbranched alkanes of at least 4 members (excludes halogenated alkanes) is 4. The van der Waals surface area contributed by atoms with E-state index in [1.807, 2.05) is 12.1 Å². The second kappa shape index (κ2) is 24.9. The van der Waals surface area contributed by atoms with Crippen LogP contribution in [0.15, 0.2) is 71.4 Å². The maximum absolute atomic E-state index is 17.7. The zero-order valence-electron chi connectivity index (χ0n) is 43.7. The van der Waals surface area contributed by atoms with E-state index >= 15 is 8.78 Å². The highest BCUT2D eigenvalue weighted by Crippen LogP contribution is 2.48. The van der Waals surface area contributed by atoms with Crippen molar-refractivity contribution in [3.8, 4) is 40.4 Å².